The highest BCUT2D eigenvalue weighted by molar-refractivity contribution is 5.92. The highest BCUT2D eigenvalue weighted by Crippen LogP contribution is 2.66. The van der Waals surface area contributed by atoms with Crippen LogP contribution in [0.3, 0.4) is 0 Å². The summed E-state index contributed by atoms with van der Waals surface area (Å²) in [4.78, 5) is 2.51. The zero-order chi connectivity index (χ0) is 37.9. The molecule has 57 heavy (non-hydrogen) atoms. The van der Waals surface area contributed by atoms with Crippen molar-refractivity contribution in [3.8, 4) is 44.5 Å². The molecule has 2 bridgehead atoms. The second-order valence-electron chi connectivity index (χ2n) is 17.7. The molecule has 1 spiro atoms. The molecule has 0 amide bonds. The summed E-state index contributed by atoms with van der Waals surface area (Å²) in [7, 11) is 0. The van der Waals surface area contributed by atoms with Gasteiger partial charge in [-0.05, 0) is 151 Å². The van der Waals surface area contributed by atoms with Crippen molar-refractivity contribution in [1.29, 1.82) is 0 Å². The van der Waals surface area contributed by atoms with E-state index >= 15 is 0 Å². The summed E-state index contributed by atoms with van der Waals surface area (Å²) in [5, 5.41) is 2.54. The van der Waals surface area contributed by atoms with E-state index in [4.69, 9.17) is 0 Å². The third kappa shape index (κ3) is 4.75. The van der Waals surface area contributed by atoms with Crippen molar-refractivity contribution in [2.24, 2.45) is 11.8 Å². The molecular weight excluding hydrogens is 687 g/mol. The van der Waals surface area contributed by atoms with E-state index in [1.165, 1.54) is 109 Å². The topological polar surface area (TPSA) is 3.24 Å². The monoisotopic (exact) mass is 731 g/mol. The minimum atomic E-state index is -0.0964. The van der Waals surface area contributed by atoms with Crippen molar-refractivity contribution in [2.45, 2.75) is 50.4 Å². The van der Waals surface area contributed by atoms with Gasteiger partial charge in [-0.3, -0.25) is 0 Å². The van der Waals surface area contributed by atoms with Crippen LogP contribution in [0.1, 0.15) is 61.8 Å². The van der Waals surface area contributed by atoms with Crippen molar-refractivity contribution in [2.75, 3.05) is 4.90 Å². The minimum Gasteiger partial charge on any atom is -0.310 e. The molecule has 2 fully saturated rings. The largest absolute Gasteiger partial charge is 0.310 e. The van der Waals surface area contributed by atoms with Crippen molar-refractivity contribution < 1.29 is 0 Å². The Hall–Kier alpha value is -6.18. The molecule has 0 radical (unpaired) electrons. The number of hydrogen-bond donors (Lipinski definition) is 0. The van der Waals surface area contributed by atoms with E-state index in [1.807, 2.05) is 0 Å². The fraction of sp³-hybridized carbons (Fsp3) is 0.179. The molecule has 0 saturated heterocycles. The first-order valence-electron chi connectivity index (χ1n) is 20.9. The van der Waals surface area contributed by atoms with Crippen LogP contribution in [-0.4, -0.2) is 0 Å². The van der Waals surface area contributed by atoms with Gasteiger partial charge in [-0.15, -0.1) is 0 Å². The van der Waals surface area contributed by atoms with E-state index in [-0.39, 0.29) is 10.8 Å². The Balaban J connectivity index is 1.02. The van der Waals surface area contributed by atoms with E-state index in [0.717, 1.165) is 5.92 Å². The fourth-order valence-electron chi connectivity index (χ4n) is 12.0. The normalized spacial score (nSPS) is 20.4. The van der Waals surface area contributed by atoms with Crippen LogP contribution in [0.25, 0.3) is 55.3 Å². The lowest BCUT2D eigenvalue weighted by molar-refractivity contribution is 0.327. The molecule has 0 aliphatic heterocycles. The highest BCUT2D eigenvalue weighted by Gasteiger charge is 2.56. The Morgan fingerprint density at radius 2 is 1.09 bits per heavy atom. The molecule has 8 aromatic carbocycles. The molecule has 3 unspecified atom stereocenters. The van der Waals surface area contributed by atoms with E-state index in [2.05, 4.69) is 195 Å². The van der Waals surface area contributed by atoms with Crippen molar-refractivity contribution in [3.63, 3.8) is 0 Å². The van der Waals surface area contributed by atoms with Gasteiger partial charge in [-0.25, -0.2) is 0 Å². The van der Waals surface area contributed by atoms with Crippen LogP contribution in [0.2, 0.25) is 0 Å². The number of nitrogens with zero attached hydrogens (tertiary/aromatic N) is 1. The van der Waals surface area contributed by atoms with Crippen LogP contribution in [-0.2, 0) is 10.8 Å². The molecule has 4 aliphatic rings. The molecule has 0 aromatic heterocycles. The fourth-order valence-corrected chi connectivity index (χ4v) is 12.0. The summed E-state index contributed by atoms with van der Waals surface area (Å²) in [5.41, 5.74) is 20.2. The van der Waals surface area contributed by atoms with Crippen LogP contribution in [0.4, 0.5) is 17.1 Å². The van der Waals surface area contributed by atoms with Crippen molar-refractivity contribution in [3.05, 3.63) is 198 Å². The maximum Gasteiger partial charge on any atom is 0.0467 e. The summed E-state index contributed by atoms with van der Waals surface area (Å²) >= 11 is 0. The maximum absolute atomic E-state index is 2.58. The zero-order valence-corrected chi connectivity index (χ0v) is 32.7. The molecule has 274 valence electrons. The van der Waals surface area contributed by atoms with Gasteiger partial charge >= 0.3 is 0 Å². The Morgan fingerprint density at radius 1 is 0.439 bits per heavy atom. The van der Waals surface area contributed by atoms with Crippen molar-refractivity contribution in [1.82, 2.24) is 0 Å². The van der Waals surface area contributed by atoms with Crippen molar-refractivity contribution >= 4 is 27.8 Å². The number of hydrogen-bond acceptors (Lipinski definition) is 1. The molecule has 3 atom stereocenters. The lowest BCUT2D eigenvalue weighted by Gasteiger charge is -2.37. The Kier molecular flexibility index (Phi) is 7.04. The lowest BCUT2D eigenvalue weighted by atomic mass is 9.67. The quantitative estimate of drug-likeness (QED) is 0.170. The summed E-state index contributed by atoms with van der Waals surface area (Å²) < 4.78 is 0. The third-order valence-electron chi connectivity index (χ3n) is 14.5. The summed E-state index contributed by atoms with van der Waals surface area (Å²) in [5.74, 6) is 1.54. The van der Waals surface area contributed by atoms with Gasteiger partial charge in [0.05, 0.1) is 0 Å². The average Bonchev–Trinajstić information content (AvgIpc) is 4.01. The zero-order valence-electron chi connectivity index (χ0n) is 32.7. The molecule has 8 aromatic rings. The van der Waals surface area contributed by atoms with Gasteiger partial charge in [0.15, 0.2) is 0 Å². The van der Waals surface area contributed by atoms with Gasteiger partial charge in [0.25, 0.3) is 0 Å². The standard InChI is InChI=1S/C56H45N/c1-55(2)51-19-7-5-16-48(51)50-18-10-17-46(54(50)55)41-13-9-14-44(33-41)57(43-27-24-38(25-28-43)40-23-22-37-11-3-4-12-39(37)32-40)45-29-30-49-47-15-6-8-20-52(47)56(53(49)34-45)35-36-21-26-42(56)31-36/h3-20,22-25,27-30,32-34,36,42H,21,26,31,35H2,1-2H3. The first-order chi connectivity index (χ1) is 28.0. The van der Waals surface area contributed by atoms with Gasteiger partial charge < -0.3 is 4.90 Å². The lowest BCUT2D eigenvalue weighted by Crippen LogP contribution is -2.32. The summed E-state index contributed by atoms with van der Waals surface area (Å²) in [6.07, 6.45) is 5.36. The maximum atomic E-state index is 2.58. The average molecular weight is 732 g/mol. The predicted molar refractivity (Wildman–Crippen MR) is 239 cm³/mol. The number of benzene rings is 8. The van der Waals surface area contributed by atoms with Gasteiger partial charge in [0.1, 0.15) is 0 Å². The van der Waals surface area contributed by atoms with E-state index in [9.17, 15) is 0 Å². The molecule has 4 aliphatic carbocycles. The predicted octanol–water partition coefficient (Wildman–Crippen LogP) is 15.0. The molecule has 0 heterocycles. The first-order valence-corrected chi connectivity index (χ1v) is 20.9. The van der Waals surface area contributed by atoms with Gasteiger partial charge in [-0.1, -0.05) is 154 Å². The number of rotatable bonds is 5. The SMILES string of the molecule is CC1(C)c2ccccc2-c2cccc(-c3cccc(N(c4ccc(-c5ccc6ccccc6c5)cc4)c4ccc5c(c4)C4(CC6CCC4C6)c4ccccc4-5)c3)c21. The molecule has 12 rings (SSSR count). The first kappa shape index (κ1) is 33.0. The van der Waals surface area contributed by atoms with Gasteiger partial charge in [0, 0.05) is 27.9 Å². The molecule has 0 N–H and O–H groups in total. The second-order valence-corrected chi connectivity index (χ2v) is 17.7. The van der Waals surface area contributed by atoms with Crippen LogP contribution in [0.15, 0.2) is 176 Å². The smallest absolute Gasteiger partial charge is 0.0467 e. The van der Waals surface area contributed by atoms with Gasteiger partial charge in [0.2, 0.25) is 0 Å². The van der Waals surface area contributed by atoms with E-state index in [0.29, 0.717) is 5.92 Å². The molecule has 1 heteroatoms. The van der Waals surface area contributed by atoms with Crippen LogP contribution in [0, 0.1) is 11.8 Å². The summed E-state index contributed by atoms with van der Waals surface area (Å²) in [6.45, 7) is 4.78. The van der Waals surface area contributed by atoms with Gasteiger partial charge in [-0.2, -0.15) is 0 Å². The van der Waals surface area contributed by atoms with E-state index in [1.54, 1.807) is 11.1 Å². The van der Waals surface area contributed by atoms with Crippen LogP contribution in [0.5, 0.6) is 0 Å². The van der Waals surface area contributed by atoms with Crippen LogP contribution < -0.4 is 4.90 Å². The third-order valence-corrected chi connectivity index (χ3v) is 14.5. The Labute approximate surface area is 336 Å². The number of fused-ring (bicyclic) bond motifs is 12. The molecule has 1 nitrogen and oxygen atoms in total. The molecular formula is C56H45N. The van der Waals surface area contributed by atoms with E-state index < -0.39 is 0 Å². The molecule has 2 saturated carbocycles. The Bertz CT molecular complexity index is 2910. The number of anilines is 3. The minimum absolute atomic E-state index is 0.0964. The highest BCUT2D eigenvalue weighted by atomic mass is 15.1. The summed E-state index contributed by atoms with van der Waals surface area (Å²) in [6, 6.07) is 66.6. The second kappa shape index (κ2) is 12.2. The Morgan fingerprint density at radius 3 is 1.89 bits per heavy atom. The van der Waals surface area contributed by atoms with Crippen LogP contribution >= 0.6 is 0 Å².